The normalized spacial score (nSPS) is 14.8. The Morgan fingerprint density at radius 3 is 2.36 bits per heavy atom. The van der Waals surface area contributed by atoms with Crippen LogP contribution in [0.2, 0.25) is 0 Å². The number of hydrogen-bond acceptors (Lipinski definition) is 4. The Morgan fingerprint density at radius 2 is 1.73 bits per heavy atom. The molecule has 0 aromatic heterocycles. The Morgan fingerprint density at radius 1 is 1.05 bits per heavy atom. The minimum absolute atomic E-state index is 0.0933. The lowest BCUT2D eigenvalue weighted by Gasteiger charge is -2.36. The summed E-state index contributed by atoms with van der Waals surface area (Å²) < 4.78 is 0. The first-order chi connectivity index (χ1) is 10.7. The van der Waals surface area contributed by atoms with E-state index in [-0.39, 0.29) is 11.8 Å². The first kappa shape index (κ1) is 16.3. The zero-order valence-corrected chi connectivity index (χ0v) is 12.8. The highest BCUT2D eigenvalue weighted by molar-refractivity contribution is 5.79. The SMILES string of the molecule is NCCC(=O)NCCC(=O)N1CCN(c2ccccc2)CC1. The van der Waals surface area contributed by atoms with Crippen LogP contribution in [0, 0.1) is 0 Å². The molecule has 1 saturated heterocycles. The molecule has 2 rings (SSSR count). The van der Waals surface area contributed by atoms with Crippen molar-refractivity contribution in [2.45, 2.75) is 12.8 Å². The van der Waals surface area contributed by atoms with Gasteiger partial charge in [0.15, 0.2) is 0 Å². The lowest BCUT2D eigenvalue weighted by molar-refractivity contribution is -0.131. The predicted molar refractivity (Wildman–Crippen MR) is 86.5 cm³/mol. The molecule has 1 fully saturated rings. The molecular formula is C16H24N4O2. The maximum absolute atomic E-state index is 12.1. The highest BCUT2D eigenvalue weighted by Gasteiger charge is 2.20. The third kappa shape index (κ3) is 4.73. The number of nitrogens with zero attached hydrogens (tertiary/aromatic N) is 2. The van der Waals surface area contributed by atoms with Gasteiger partial charge in [-0.3, -0.25) is 9.59 Å². The van der Waals surface area contributed by atoms with Gasteiger partial charge in [0.1, 0.15) is 0 Å². The number of anilines is 1. The van der Waals surface area contributed by atoms with Gasteiger partial charge in [-0.15, -0.1) is 0 Å². The third-order valence-electron chi connectivity index (χ3n) is 3.79. The van der Waals surface area contributed by atoms with Gasteiger partial charge in [-0.05, 0) is 12.1 Å². The molecule has 6 nitrogen and oxygen atoms in total. The molecule has 22 heavy (non-hydrogen) atoms. The average molecular weight is 304 g/mol. The topological polar surface area (TPSA) is 78.7 Å². The fourth-order valence-corrected chi connectivity index (χ4v) is 2.54. The Balaban J connectivity index is 1.70. The smallest absolute Gasteiger partial charge is 0.224 e. The lowest BCUT2D eigenvalue weighted by atomic mass is 10.2. The number of nitrogens with two attached hydrogens (primary N) is 1. The van der Waals surface area contributed by atoms with Crippen molar-refractivity contribution in [3.8, 4) is 0 Å². The summed E-state index contributed by atoms with van der Waals surface area (Å²) in [7, 11) is 0. The van der Waals surface area contributed by atoms with E-state index in [1.165, 1.54) is 5.69 Å². The molecule has 0 saturated carbocycles. The fraction of sp³-hybridized carbons (Fsp3) is 0.500. The number of nitrogens with one attached hydrogen (secondary N) is 1. The molecule has 1 aliphatic rings. The molecule has 0 bridgehead atoms. The highest BCUT2D eigenvalue weighted by Crippen LogP contribution is 2.15. The second kappa shape index (κ2) is 8.38. The first-order valence-corrected chi connectivity index (χ1v) is 7.75. The van der Waals surface area contributed by atoms with Crippen LogP contribution in [-0.2, 0) is 9.59 Å². The molecule has 3 N–H and O–H groups in total. The number of benzene rings is 1. The summed E-state index contributed by atoms with van der Waals surface area (Å²) in [5.74, 6) is 0.00459. The number of rotatable bonds is 6. The zero-order chi connectivity index (χ0) is 15.8. The molecule has 1 aromatic carbocycles. The van der Waals surface area contributed by atoms with Crippen LogP contribution in [0.25, 0.3) is 0 Å². The van der Waals surface area contributed by atoms with Crippen LogP contribution >= 0.6 is 0 Å². The van der Waals surface area contributed by atoms with Gasteiger partial charge in [0.25, 0.3) is 0 Å². The van der Waals surface area contributed by atoms with Gasteiger partial charge in [0, 0.05) is 57.8 Å². The Labute approximate surface area is 131 Å². The molecule has 1 heterocycles. The number of para-hydroxylation sites is 1. The maximum atomic E-state index is 12.1. The largest absolute Gasteiger partial charge is 0.368 e. The van der Waals surface area contributed by atoms with Crippen molar-refractivity contribution >= 4 is 17.5 Å². The van der Waals surface area contributed by atoms with E-state index in [2.05, 4.69) is 22.3 Å². The number of carbonyl (C=O) groups excluding carboxylic acids is 2. The van der Waals surface area contributed by atoms with Crippen molar-refractivity contribution < 1.29 is 9.59 Å². The summed E-state index contributed by atoms with van der Waals surface area (Å²) in [5, 5.41) is 2.71. The van der Waals surface area contributed by atoms with Crippen molar-refractivity contribution in [2.75, 3.05) is 44.2 Å². The zero-order valence-electron chi connectivity index (χ0n) is 12.8. The summed E-state index contributed by atoms with van der Waals surface area (Å²) in [6.45, 7) is 3.86. The molecule has 120 valence electrons. The Kier molecular flexibility index (Phi) is 6.21. The second-order valence-corrected chi connectivity index (χ2v) is 5.34. The van der Waals surface area contributed by atoms with Crippen LogP contribution in [0.3, 0.4) is 0 Å². The van der Waals surface area contributed by atoms with Crippen LogP contribution < -0.4 is 16.0 Å². The summed E-state index contributed by atoms with van der Waals surface area (Å²) in [6, 6.07) is 10.2. The van der Waals surface area contributed by atoms with Crippen LogP contribution in [0.4, 0.5) is 5.69 Å². The Bertz CT molecular complexity index is 484. The monoisotopic (exact) mass is 304 g/mol. The molecule has 6 heteroatoms. The van der Waals surface area contributed by atoms with Gasteiger partial charge in [0.05, 0.1) is 0 Å². The molecule has 0 aliphatic carbocycles. The van der Waals surface area contributed by atoms with Gasteiger partial charge in [0.2, 0.25) is 11.8 Å². The van der Waals surface area contributed by atoms with E-state index in [4.69, 9.17) is 5.73 Å². The third-order valence-corrected chi connectivity index (χ3v) is 3.79. The lowest BCUT2D eigenvalue weighted by Crippen LogP contribution is -2.49. The van der Waals surface area contributed by atoms with E-state index in [1.54, 1.807) is 0 Å². The van der Waals surface area contributed by atoms with Crippen molar-refractivity contribution in [2.24, 2.45) is 5.73 Å². The van der Waals surface area contributed by atoms with E-state index in [9.17, 15) is 9.59 Å². The average Bonchev–Trinajstić information content (AvgIpc) is 2.56. The standard InChI is InChI=1S/C16H24N4O2/c17-8-6-15(21)18-9-7-16(22)20-12-10-19(11-13-20)14-4-2-1-3-5-14/h1-5H,6-13,17H2,(H,18,21). The fourth-order valence-electron chi connectivity index (χ4n) is 2.54. The highest BCUT2D eigenvalue weighted by atomic mass is 16.2. The van der Waals surface area contributed by atoms with Crippen LogP contribution in [0.5, 0.6) is 0 Å². The van der Waals surface area contributed by atoms with E-state index in [1.807, 2.05) is 23.1 Å². The molecule has 2 amide bonds. The van der Waals surface area contributed by atoms with Crippen LogP contribution in [0.15, 0.2) is 30.3 Å². The van der Waals surface area contributed by atoms with Gasteiger partial charge < -0.3 is 20.9 Å². The first-order valence-electron chi connectivity index (χ1n) is 7.75. The van der Waals surface area contributed by atoms with Crippen molar-refractivity contribution in [1.29, 1.82) is 0 Å². The van der Waals surface area contributed by atoms with Crippen molar-refractivity contribution in [1.82, 2.24) is 10.2 Å². The summed E-state index contributed by atoms with van der Waals surface area (Å²) >= 11 is 0. The summed E-state index contributed by atoms with van der Waals surface area (Å²) in [6.07, 6.45) is 0.658. The minimum atomic E-state index is -0.0933. The van der Waals surface area contributed by atoms with E-state index in [0.29, 0.717) is 25.9 Å². The number of carbonyl (C=O) groups is 2. The van der Waals surface area contributed by atoms with Gasteiger partial charge in [-0.25, -0.2) is 0 Å². The Hall–Kier alpha value is -2.08. The van der Waals surface area contributed by atoms with Crippen molar-refractivity contribution in [3.05, 3.63) is 30.3 Å². The van der Waals surface area contributed by atoms with Gasteiger partial charge >= 0.3 is 0 Å². The van der Waals surface area contributed by atoms with Gasteiger partial charge in [-0.2, -0.15) is 0 Å². The van der Waals surface area contributed by atoms with E-state index >= 15 is 0 Å². The molecule has 0 spiro atoms. The van der Waals surface area contributed by atoms with E-state index < -0.39 is 0 Å². The summed E-state index contributed by atoms with van der Waals surface area (Å²) in [5.41, 5.74) is 6.50. The predicted octanol–water partition coefficient (Wildman–Crippen LogP) is 0.190. The minimum Gasteiger partial charge on any atom is -0.368 e. The summed E-state index contributed by atoms with van der Waals surface area (Å²) in [4.78, 5) is 27.5. The molecule has 1 aromatic rings. The molecule has 0 atom stereocenters. The molecule has 0 unspecified atom stereocenters. The quantitative estimate of drug-likeness (QED) is 0.786. The number of amides is 2. The molecule has 0 radical (unpaired) electrons. The van der Waals surface area contributed by atoms with Gasteiger partial charge in [-0.1, -0.05) is 18.2 Å². The van der Waals surface area contributed by atoms with Crippen LogP contribution in [-0.4, -0.2) is 56.0 Å². The van der Waals surface area contributed by atoms with Crippen LogP contribution in [0.1, 0.15) is 12.8 Å². The second-order valence-electron chi connectivity index (χ2n) is 5.34. The maximum Gasteiger partial charge on any atom is 0.224 e. The molecular weight excluding hydrogens is 280 g/mol. The van der Waals surface area contributed by atoms with Crippen molar-refractivity contribution in [3.63, 3.8) is 0 Å². The molecule has 1 aliphatic heterocycles. The number of piperazine rings is 1. The number of hydrogen-bond donors (Lipinski definition) is 2. The van der Waals surface area contributed by atoms with E-state index in [0.717, 1.165) is 26.2 Å².